The number of nitrogens with zero attached hydrogens (tertiary/aromatic N) is 2. The minimum absolute atomic E-state index is 0.0518. The molecule has 1 fully saturated rings. The Hall–Kier alpha value is -1.92. The topological polar surface area (TPSA) is 108 Å². The van der Waals surface area contributed by atoms with Crippen molar-refractivity contribution < 1.29 is 14.7 Å². The number of carboxylic acid groups (broad SMARTS) is 1. The lowest BCUT2D eigenvalue weighted by molar-refractivity contribution is -0.138. The predicted octanol–water partition coefficient (Wildman–Crippen LogP) is 0.884. The van der Waals surface area contributed by atoms with Gasteiger partial charge in [0.1, 0.15) is 5.82 Å². The number of carbonyl (C=O) groups excluding carboxylic acids is 1. The van der Waals surface area contributed by atoms with Crippen LogP contribution in [0, 0.1) is 0 Å². The van der Waals surface area contributed by atoms with Gasteiger partial charge in [-0.15, -0.1) is 5.10 Å². The largest absolute Gasteiger partial charge is 0.481 e. The molecule has 104 valence electrons. The number of nitrogens with one attached hydrogen (secondary N) is 2. The third-order valence-corrected chi connectivity index (χ3v) is 3.50. The Balaban J connectivity index is 2.08. The fourth-order valence-electron chi connectivity index (χ4n) is 2.54. The second-order valence-corrected chi connectivity index (χ2v) is 4.97. The number of aliphatic carboxylic acids is 1. The maximum Gasteiger partial charge on any atom is 0.305 e. The summed E-state index contributed by atoms with van der Waals surface area (Å²) in [6.45, 7) is 1.91. The third kappa shape index (κ3) is 3.10. The summed E-state index contributed by atoms with van der Waals surface area (Å²) in [5.41, 5.74) is -0.643. The molecular weight excluding hydrogens is 248 g/mol. The molecule has 7 nitrogen and oxygen atoms in total. The Morgan fingerprint density at radius 3 is 2.63 bits per heavy atom. The van der Waals surface area contributed by atoms with E-state index in [-0.39, 0.29) is 12.2 Å². The first-order valence-electron chi connectivity index (χ1n) is 6.50. The van der Waals surface area contributed by atoms with Gasteiger partial charge in [0.25, 0.3) is 5.91 Å². The molecule has 1 aromatic rings. The van der Waals surface area contributed by atoms with Crippen LogP contribution in [0.15, 0.2) is 0 Å². The summed E-state index contributed by atoms with van der Waals surface area (Å²) in [5, 5.41) is 18.3. The number of aryl methyl sites for hydroxylation is 1. The molecule has 1 saturated carbocycles. The maximum absolute atomic E-state index is 12.1. The highest BCUT2D eigenvalue weighted by atomic mass is 16.4. The van der Waals surface area contributed by atoms with Crippen molar-refractivity contribution in [3.05, 3.63) is 11.6 Å². The van der Waals surface area contributed by atoms with Crippen LogP contribution >= 0.6 is 0 Å². The van der Waals surface area contributed by atoms with Gasteiger partial charge in [0.05, 0.1) is 12.0 Å². The summed E-state index contributed by atoms with van der Waals surface area (Å²) in [6, 6.07) is 0. The summed E-state index contributed by atoms with van der Waals surface area (Å²) in [6.07, 6.45) is 3.86. The van der Waals surface area contributed by atoms with Crippen molar-refractivity contribution in [1.82, 2.24) is 20.5 Å². The first kappa shape index (κ1) is 13.5. The summed E-state index contributed by atoms with van der Waals surface area (Å²) < 4.78 is 0. The summed E-state index contributed by atoms with van der Waals surface area (Å²) in [5.74, 6) is -0.581. The van der Waals surface area contributed by atoms with E-state index in [1.165, 1.54) is 0 Å². The summed E-state index contributed by atoms with van der Waals surface area (Å²) in [4.78, 5) is 27.1. The van der Waals surface area contributed by atoms with Crippen molar-refractivity contribution in [1.29, 1.82) is 0 Å². The number of hydrogen-bond donors (Lipinski definition) is 3. The van der Waals surface area contributed by atoms with Gasteiger partial charge >= 0.3 is 5.97 Å². The van der Waals surface area contributed by atoms with E-state index in [9.17, 15) is 9.59 Å². The quantitative estimate of drug-likeness (QED) is 0.733. The monoisotopic (exact) mass is 266 g/mol. The fourth-order valence-corrected chi connectivity index (χ4v) is 2.54. The number of carbonyl (C=O) groups is 2. The number of amides is 1. The molecule has 0 atom stereocenters. The highest BCUT2D eigenvalue weighted by Crippen LogP contribution is 2.32. The van der Waals surface area contributed by atoms with Crippen molar-refractivity contribution >= 4 is 11.9 Å². The van der Waals surface area contributed by atoms with E-state index < -0.39 is 17.4 Å². The Bertz CT molecular complexity index is 477. The molecule has 3 N–H and O–H groups in total. The highest BCUT2D eigenvalue weighted by Gasteiger charge is 2.38. The van der Waals surface area contributed by atoms with Gasteiger partial charge < -0.3 is 10.4 Å². The van der Waals surface area contributed by atoms with Crippen molar-refractivity contribution in [3.63, 3.8) is 0 Å². The van der Waals surface area contributed by atoms with Crippen LogP contribution < -0.4 is 5.32 Å². The summed E-state index contributed by atoms with van der Waals surface area (Å²) >= 11 is 0. The molecule has 0 aliphatic heterocycles. The standard InChI is InChI=1S/C12H18N4O3/c1-2-8-13-10(16-15-8)11(19)14-12(7-9(17)18)5-3-4-6-12/h2-7H2,1H3,(H,14,19)(H,17,18)(H,13,15,16). The first-order chi connectivity index (χ1) is 9.04. The van der Waals surface area contributed by atoms with Crippen molar-refractivity contribution in [2.24, 2.45) is 0 Å². The van der Waals surface area contributed by atoms with Crippen LogP contribution in [0.25, 0.3) is 0 Å². The average molecular weight is 266 g/mol. The normalized spacial score (nSPS) is 17.3. The molecule has 0 spiro atoms. The molecular formula is C12H18N4O3. The molecule has 1 heterocycles. The van der Waals surface area contributed by atoms with Gasteiger partial charge in [-0.2, -0.15) is 0 Å². The Labute approximate surface area is 110 Å². The number of aromatic amines is 1. The van der Waals surface area contributed by atoms with Crippen molar-refractivity contribution in [2.75, 3.05) is 0 Å². The molecule has 0 saturated heterocycles. The molecule has 19 heavy (non-hydrogen) atoms. The zero-order valence-corrected chi connectivity index (χ0v) is 10.9. The molecule has 0 bridgehead atoms. The SMILES string of the molecule is CCc1nc(C(=O)NC2(CC(=O)O)CCCC2)n[nH]1. The second kappa shape index (κ2) is 5.38. The van der Waals surface area contributed by atoms with E-state index in [1.807, 2.05) is 6.92 Å². The molecule has 1 aliphatic carbocycles. The molecule has 0 aromatic carbocycles. The maximum atomic E-state index is 12.1. The van der Waals surface area contributed by atoms with Gasteiger partial charge in [0.15, 0.2) is 0 Å². The molecule has 0 radical (unpaired) electrons. The first-order valence-corrected chi connectivity index (χ1v) is 6.50. The fraction of sp³-hybridized carbons (Fsp3) is 0.667. The van der Waals surface area contributed by atoms with Crippen LogP contribution in [-0.4, -0.2) is 37.7 Å². The van der Waals surface area contributed by atoms with E-state index in [4.69, 9.17) is 5.11 Å². The second-order valence-electron chi connectivity index (χ2n) is 4.97. The van der Waals surface area contributed by atoms with Crippen molar-refractivity contribution in [2.45, 2.75) is 51.0 Å². The zero-order chi connectivity index (χ0) is 13.9. The van der Waals surface area contributed by atoms with Gasteiger partial charge in [0.2, 0.25) is 5.82 Å². The van der Waals surface area contributed by atoms with Gasteiger partial charge in [-0.3, -0.25) is 14.7 Å². The number of aromatic nitrogens is 3. The van der Waals surface area contributed by atoms with Crippen LogP contribution in [0.2, 0.25) is 0 Å². The van der Waals surface area contributed by atoms with Gasteiger partial charge in [-0.1, -0.05) is 19.8 Å². The Kier molecular flexibility index (Phi) is 3.82. The van der Waals surface area contributed by atoms with Crippen LogP contribution in [0.3, 0.4) is 0 Å². The van der Waals surface area contributed by atoms with Gasteiger partial charge in [0, 0.05) is 6.42 Å². The third-order valence-electron chi connectivity index (χ3n) is 3.50. The average Bonchev–Trinajstić information content (AvgIpc) is 2.97. The zero-order valence-electron chi connectivity index (χ0n) is 10.9. The van der Waals surface area contributed by atoms with Gasteiger partial charge in [-0.25, -0.2) is 4.98 Å². The van der Waals surface area contributed by atoms with Crippen LogP contribution in [-0.2, 0) is 11.2 Å². The van der Waals surface area contributed by atoms with E-state index in [0.29, 0.717) is 25.1 Å². The minimum atomic E-state index is -0.897. The number of H-pyrrole nitrogens is 1. The number of carboxylic acids is 1. The lowest BCUT2D eigenvalue weighted by Crippen LogP contribution is -2.48. The van der Waals surface area contributed by atoms with Crippen LogP contribution in [0.1, 0.15) is 55.5 Å². The van der Waals surface area contributed by atoms with Crippen LogP contribution in [0.4, 0.5) is 0 Å². The highest BCUT2D eigenvalue weighted by molar-refractivity contribution is 5.91. The number of hydrogen-bond acceptors (Lipinski definition) is 4. The smallest absolute Gasteiger partial charge is 0.305 e. The van der Waals surface area contributed by atoms with Gasteiger partial charge in [-0.05, 0) is 12.8 Å². The lowest BCUT2D eigenvalue weighted by Gasteiger charge is -2.27. The number of rotatable bonds is 5. The van der Waals surface area contributed by atoms with E-state index in [2.05, 4.69) is 20.5 Å². The molecule has 1 aliphatic rings. The van der Waals surface area contributed by atoms with Crippen LogP contribution in [0.5, 0.6) is 0 Å². The predicted molar refractivity (Wildman–Crippen MR) is 66.7 cm³/mol. The summed E-state index contributed by atoms with van der Waals surface area (Å²) in [7, 11) is 0. The molecule has 0 unspecified atom stereocenters. The molecule has 1 aromatic heterocycles. The Morgan fingerprint density at radius 1 is 1.42 bits per heavy atom. The molecule has 7 heteroatoms. The van der Waals surface area contributed by atoms with E-state index in [0.717, 1.165) is 12.8 Å². The molecule has 2 rings (SSSR count). The van der Waals surface area contributed by atoms with Crippen molar-refractivity contribution in [3.8, 4) is 0 Å². The lowest BCUT2D eigenvalue weighted by atomic mass is 9.93. The molecule has 1 amide bonds. The van der Waals surface area contributed by atoms with E-state index in [1.54, 1.807) is 0 Å². The van der Waals surface area contributed by atoms with E-state index >= 15 is 0 Å². The Morgan fingerprint density at radius 2 is 2.11 bits per heavy atom. The minimum Gasteiger partial charge on any atom is -0.481 e.